The van der Waals surface area contributed by atoms with Gasteiger partial charge in [-0.25, -0.2) is 13.4 Å². The number of halogens is 3. The molecule has 29 heavy (non-hydrogen) atoms. The van der Waals surface area contributed by atoms with Crippen LogP contribution in [0.2, 0.25) is 15.2 Å². The number of imidazole rings is 1. The topological polar surface area (TPSA) is 57.9 Å². The summed E-state index contributed by atoms with van der Waals surface area (Å²) in [5.74, 6) is 0. The quantitative estimate of drug-likeness (QED) is 0.483. The van der Waals surface area contributed by atoms with Crippen LogP contribution in [-0.4, -0.2) is 54.2 Å². The zero-order chi connectivity index (χ0) is 21.2. The molecule has 10 heteroatoms. The average Bonchev–Trinajstić information content (AvgIpc) is 3.00. The zero-order valence-electron chi connectivity index (χ0n) is 16.0. The van der Waals surface area contributed by atoms with E-state index in [0.717, 1.165) is 12.1 Å². The monoisotopic (exact) mass is 474 g/mol. The Balaban J connectivity index is 2.00. The van der Waals surface area contributed by atoms with E-state index in [4.69, 9.17) is 34.8 Å². The lowest BCUT2D eigenvalue weighted by molar-refractivity contribution is 0.345. The van der Waals surface area contributed by atoms with E-state index < -0.39 is 10.0 Å². The van der Waals surface area contributed by atoms with E-state index in [9.17, 15) is 8.42 Å². The summed E-state index contributed by atoms with van der Waals surface area (Å²) in [5, 5.41) is 0.701. The van der Waals surface area contributed by atoms with Crippen LogP contribution >= 0.6 is 34.8 Å². The van der Waals surface area contributed by atoms with Gasteiger partial charge in [-0.15, -0.1) is 0 Å². The molecule has 0 spiro atoms. The molecule has 156 valence electrons. The highest BCUT2D eigenvalue weighted by molar-refractivity contribution is 7.89. The zero-order valence-corrected chi connectivity index (χ0v) is 19.1. The van der Waals surface area contributed by atoms with Crippen molar-refractivity contribution in [1.82, 2.24) is 18.6 Å². The maximum atomic E-state index is 13.6. The Morgan fingerprint density at radius 3 is 2.48 bits per heavy atom. The number of rotatable bonds is 8. The molecule has 0 aliphatic carbocycles. The summed E-state index contributed by atoms with van der Waals surface area (Å²) in [7, 11) is -0.0396. The standard InChI is InChI=1S/C19H21Cl3N4O2S/c1-24(2)9-5-10-25(13-14-7-8-15(20)16(21)12-14)29(27,28)19-18(22)23-17-6-3-4-11-26(17)19/h3-4,6-8,11-12H,5,9-10,13H2,1-2H3. The maximum Gasteiger partial charge on any atom is 0.262 e. The van der Waals surface area contributed by atoms with Gasteiger partial charge in [0.15, 0.2) is 10.2 Å². The Morgan fingerprint density at radius 2 is 1.79 bits per heavy atom. The molecule has 0 aliphatic heterocycles. The summed E-state index contributed by atoms with van der Waals surface area (Å²) in [4.78, 5) is 6.18. The van der Waals surface area contributed by atoms with Crippen molar-refractivity contribution in [1.29, 1.82) is 0 Å². The lowest BCUT2D eigenvalue weighted by Gasteiger charge is -2.23. The van der Waals surface area contributed by atoms with Crippen molar-refractivity contribution in [2.75, 3.05) is 27.2 Å². The van der Waals surface area contributed by atoms with Crippen molar-refractivity contribution in [2.24, 2.45) is 0 Å². The number of aromatic nitrogens is 2. The fourth-order valence-electron chi connectivity index (χ4n) is 2.99. The Kier molecular flexibility index (Phi) is 7.09. The van der Waals surface area contributed by atoms with Gasteiger partial charge in [0.25, 0.3) is 10.0 Å². The normalized spacial score (nSPS) is 12.4. The molecule has 3 rings (SSSR count). The van der Waals surface area contributed by atoms with E-state index in [-0.39, 0.29) is 16.7 Å². The third-order valence-corrected chi connectivity index (χ3v) is 7.37. The van der Waals surface area contributed by atoms with Crippen molar-refractivity contribution >= 4 is 50.5 Å². The maximum absolute atomic E-state index is 13.6. The first kappa shape index (κ1) is 22.3. The van der Waals surface area contributed by atoms with Crippen molar-refractivity contribution in [2.45, 2.75) is 18.0 Å². The van der Waals surface area contributed by atoms with E-state index >= 15 is 0 Å². The molecule has 0 N–H and O–H groups in total. The fourth-order valence-corrected chi connectivity index (χ4v) is 5.37. The van der Waals surface area contributed by atoms with Crippen LogP contribution in [0.5, 0.6) is 0 Å². The lowest BCUT2D eigenvalue weighted by Crippen LogP contribution is -2.34. The van der Waals surface area contributed by atoms with Crippen LogP contribution in [0.4, 0.5) is 0 Å². The molecule has 0 atom stereocenters. The van der Waals surface area contributed by atoms with Gasteiger partial charge in [-0.05, 0) is 56.9 Å². The van der Waals surface area contributed by atoms with Gasteiger partial charge in [-0.1, -0.05) is 46.9 Å². The molecular weight excluding hydrogens is 455 g/mol. The molecule has 0 saturated heterocycles. The van der Waals surface area contributed by atoms with Gasteiger partial charge in [0.2, 0.25) is 0 Å². The Labute approximate surface area is 185 Å². The van der Waals surface area contributed by atoms with Crippen LogP contribution in [0, 0.1) is 0 Å². The smallest absolute Gasteiger partial charge is 0.262 e. The van der Waals surface area contributed by atoms with Crippen LogP contribution < -0.4 is 0 Å². The second kappa shape index (κ2) is 9.20. The van der Waals surface area contributed by atoms with E-state index in [2.05, 4.69) is 4.98 Å². The molecular formula is C19H21Cl3N4O2S. The highest BCUT2D eigenvalue weighted by atomic mass is 35.5. The van der Waals surface area contributed by atoms with Gasteiger partial charge in [-0.2, -0.15) is 4.31 Å². The first-order valence-electron chi connectivity index (χ1n) is 8.91. The van der Waals surface area contributed by atoms with E-state index in [1.54, 1.807) is 42.6 Å². The average molecular weight is 476 g/mol. The van der Waals surface area contributed by atoms with Crippen LogP contribution in [-0.2, 0) is 16.6 Å². The Morgan fingerprint density at radius 1 is 1.03 bits per heavy atom. The minimum absolute atomic E-state index is 0.0420. The predicted octanol–water partition coefficient (Wildman–Crippen LogP) is 4.44. The summed E-state index contributed by atoms with van der Waals surface area (Å²) < 4.78 is 30.0. The molecule has 0 unspecified atom stereocenters. The molecule has 0 bridgehead atoms. The number of benzene rings is 1. The molecule has 0 fully saturated rings. The fraction of sp³-hybridized carbons (Fsp3) is 0.316. The molecule has 6 nitrogen and oxygen atoms in total. The van der Waals surface area contributed by atoms with Crippen LogP contribution in [0.15, 0.2) is 47.6 Å². The second-order valence-electron chi connectivity index (χ2n) is 6.88. The highest BCUT2D eigenvalue weighted by Crippen LogP contribution is 2.28. The van der Waals surface area contributed by atoms with Gasteiger partial charge >= 0.3 is 0 Å². The Bertz CT molecular complexity index is 1120. The molecule has 0 amide bonds. The van der Waals surface area contributed by atoms with Gasteiger partial charge in [0.1, 0.15) is 5.65 Å². The molecule has 0 radical (unpaired) electrons. The molecule has 2 heterocycles. The first-order chi connectivity index (χ1) is 13.7. The SMILES string of the molecule is CN(C)CCCN(Cc1ccc(Cl)c(Cl)c1)S(=O)(=O)c1c(Cl)nc2ccccn12. The summed E-state index contributed by atoms with van der Waals surface area (Å²) in [6, 6.07) is 10.3. The van der Waals surface area contributed by atoms with Gasteiger partial charge in [0, 0.05) is 19.3 Å². The van der Waals surface area contributed by atoms with E-state index in [0.29, 0.717) is 28.7 Å². The minimum Gasteiger partial charge on any atom is -0.309 e. The Hall–Kier alpha value is -1.35. The summed E-state index contributed by atoms with van der Waals surface area (Å²) in [6.07, 6.45) is 2.29. The molecule has 3 aromatic rings. The number of hydrogen-bond acceptors (Lipinski definition) is 4. The molecule has 2 aromatic heterocycles. The minimum atomic E-state index is -3.93. The number of pyridine rings is 1. The predicted molar refractivity (Wildman–Crippen MR) is 117 cm³/mol. The molecule has 1 aromatic carbocycles. The van der Waals surface area contributed by atoms with Gasteiger partial charge < -0.3 is 4.90 Å². The number of fused-ring (bicyclic) bond motifs is 1. The van der Waals surface area contributed by atoms with Crippen LogP contribution in [0.3, 0.4) is 0 Å². The summed E-state index contributed by atoms with van der Waals surface area (Å²) >= 11 is 18.4. The third-order valence-electron chi connectivity index (χ3n) is 4.39. The number of sulfonamides is 1. The van der Waals surface area contributed by atoms with Crippen molar-refractivity contribution < 1.29 is 8.42 Å². The number of hydrogen-bond donors (Lipinski definition) is 0. The first-order valence-corrected chi connectivity index (χ1v) is 11.5. The van der Waals surface area contributed by atoms with Gasteiger partial charge in [-0.3, -0.25) is 4.40 Å². The third kappa shape index (κ3) is 5.05. The van der Waals surface area contributed by atoms with Crippen molar-refractivity contribution in [3.05, 3.63) is 63.4 Å². The highest BCUT2D eigenvalue weighted by Gasteiger charge is 2.31. The van der Waals surface area contributed by atoms with Crippen molar-refractivity contribution in [3.8, 4) is 0 Å². The van der Waals surface area contributed by atoms with E-state index in [1.165, 1.54) is 8.71 Å². The van der Waals surface area contributed by atoms with E-state index in [1.807, 2.05) is 19.0 Å². The van der Waals surface area contributed by atoms with Crippen LogP contribution in [0.1, 0.15) is 12.0 Å². The van der Waals surface area contributed by atoms with Gasteiger partial charge in [0.05, 0.1) is 10.0 Å². The summed E-state index contributed by atoms with van der Waals surface area (Å²) in [5.41, 5.74) is 1.21. The molecule has 0 saturated carbocycles. The largest absolute Gasteiger partial charge is 0.309 e. The van der Waals surface area contributed by atoms with Crippen molar-refractivity contribution in [3.63, 3.8) is 0 Å². The van der Waals surface area contributed by atoms with Crippen LogP contribution in [0.25, 0.3) is 5.65 Å². The molecule has 0 aliphatic rings. The second-order valence-corrected chi connectivity index (χ2v) is 9.91. The number of nitrogens with zero attached hydrogens (tertiary/aromatic N) is 4. The lowest BCUT2D eigenvalue weighted by atomic mass is 10.2. The summed E-state index contributed by atoms with van der Waals surface area (Å²) in [6.45, 7) is 1.20.